The molecule has 9 heteroatoms. The first-order valence-electron chi connectivity index (χ1n) is 12.0. The van der Waals surface area contributed by atoms with Crippen molar-refractivity contribution in [3.63, 3.8) is 0 Å². The summed E-state index contributed by atoms with van der Waals surface area (Å²) in [7, 11) is 0. The molecule has 1 N–H and O–H groups in total. The molecule has 0 fully saturated rings. The molecule has 2 rings (SSSR count). The molecule has 1 aromatic rings. The van der Waals surface area contributed by atoms with Gasteiger partial charge in [-0.25, -0.2) is 8.78 Å². The molecule has 1 aliphatic heterocycles. The van der Waals surface area contributed by atoms with Crippen molar-refractivity contribution < 1.29 is 27.8 Å². The van der Waals surface area contributed by atoms with Crippen molar-refractivity contribution in [3.05, 3.63) is 58.7 Å². The van der Waals surface area contributed by atoms with Crippen LogP contribution in [0.1, 0.15) is 58.6 Å². The Kier molecular flexibility index (Phi) is 17.1. The quantitative estimate of drug-likeness (QED) is 0.138. The van der Waals surface area contributed by atoms with Gasteiger partial charge in [0.25, 0.3) is 0 Å². The highest BCUT2D eigenvalue weighted by atomic mass is 32.2. The summed E-state index contributed by atoms with van der Waals surface area (Å²) in [6, 6.07) is 4.24. The summed E-state index contributed by atoms with van der Waals surface area (Å²) < 4.78 is 39.1. The molecule has 0 aliphatic carbocycles. The number of thiol groups is 1. The highest BCUT2D eigenvalue weighted by molar-refractivity contribution is 8.00. The first-order valence-corrected chi connectivity index (χ1v) is 13.4. The number of allylic oxidation sites excluding steroid dienone is 4. The van der Waals surface area contributed by atoms with Crippen molar-refractivity contribution in [3.8, 4) is 5.75 Å². The number of carbonyl (C=O) groups is 1. The monoisotopic (exact) mass is 559 g/mol. The van der Waals surface area contributed by atoms with Crippen LogP contribution < -0.4 is 4.74 Å². The van der Waals surface area contributed by atoms with E-state index in [1.54, 1.807) is 18.0 Å². The van der Waals surface area contributed by atoms with E-state index in [4.69, 9.17) is 9.84 Å². The van der Waals surface area contributed by atoms with Crippen LogP contribution in [0.4, 0.5) is 13.2 Å². The van der Waals surface area contributed by atoms with Gasteiger partial charge in [-0.05, 0) is 76.8 Å². The first kappa shape index (κ1) is 34.9. The summed E-state index contributed by atoms with van der Waals surface area (Å²) in [4.78, 5) is 17.6. The molecule has 2 unspecified atom stereocenters. The number of nitrogens with zero attached hydrogens (tertiary/aromatic N) is 1. The van der Waals surface area contributed by atoms with E-state index in [0.717, 1.165) is 44.5 Å². The number of fused-ring (bicyclic) bond motifs is 1. The van der Waals surface area contributed by atoms with Gasteiger partial charge in [-0.1, -0.05) is 19.1 Å². The normalized spacial score (nSPS) is 18.1. The fourth-order valence-electron chi connectivity index (χ4n) is 3.04. The summed E-state index contributed by atoms with van der Waals surface area (Å²) in [5.41, 5.74) is 2.46. The van der Waals surface area contributed by atoms with Crippen molar-refractivity contribution in [2.24, 2.45) is 10.9 Å². The molecular formula is C28H40F3NO3S2. The maximum atomic E-state index is 11.4. The maximum Gasteiger partial charge on any atom is 0.307 e. The Hall–Kier alpha value is -2.13. The molecule has 1 heterocycles. The number of aliphatic carboxylic acids is 1. The number of aliphatic imine (C=N–C) groups is 1. The number of benzene rings is 1. The number of hydrogen-bond acceptors (Lipinski definition) is 5. The second-order valence-corrected chi connectivity index (χ2v) is 10.3. The smallest absolute Gasteiger partial charge is 0.307 e. The van der Waals surface area contributed by atoms with E-state index >= 15 is 0 Å². The highest BCUT2D eigenvalue weighted by Crippen LogP contribution is 2.40. The minimum Gasteiger partial charge on any atom is -0.486 e. The predicted molar refractivity (Wildman–Crippen MR) is 154 cm³/mol. The van der Waals surface area contributed by atoms with Gasteiger partial charge in [-0.3, -0.25) is 14.2 Å². The van der Waals surface area contributed by atoms with E-state index in [0.29, 0.717) is 6.42 Å². The van der Waals surface area contributed by atoms with E-state index in [1.807, 2.05) is 39.8 Å². The van der Waals surface area contributed by atoms with Crippen molar-refractivity contribution in [2.45, 2.75) is 77.7 Å². The van der Waals surface area contributed by atoms with Crippen LogP contribution >= 0.6 is 24.4 Å². The lowest BCUT2D eigenvalue weighted by Gasteiger charge is -2.35. The second-order valence-electron chi connectivity index (χ2n) is 8.67. The second kappa shape index (κ2) is 18.2. The number of carboxylic acid groups (broad SMARTS) is 1. The molecule has 0 amide bonds. The Morgan fingerprint density at radius 2 is 2.03 bits per heavy atom. The van der Waals surface area contributed by atoms with Gasteiger partial charge in [0.2, 0.25) is 6.43 Å². The summed E-state index contributed by atoms with van der Waals surface area (Å²) in [6.07, 6.45) is 6.13. The van der Waals surface area contributed by atoms with Crippen molar-refractivity contribution in [1.29, 1.82) is 0 Å². The van der Waals surface area contributed by atoms with Gasteiger partial charge in [0.15, 0.2) is 0 Å². The van der Waals surface area contributed by atoms with Crippen LogP contribution in [0.2, 0.25) is 0 Å². The number of hydrogen-bond donors (Lipinski definition) is 2. The van der Waals surface area contributed by atoms with E-state index in [-0.39, 0.29) is 13.1 Å². The van der Waals surface area contributed by atoms with E-state index in [2.05, 4.69) is 36.3 Å². The Labute approximate surface area is 229 Å². The van der Waals surface area contributed by atoms with E-state index in [9.17, 15) is 18.0 Å². The Morgan fingerprint density at radius 1 is 1.41 bits per heavy atom. The third kappa shape index (κ3) is 13.8. The zero-order valence-electron chi connectivity index (χ0n) is 22.6. The van der Waals surface area contributed by atoms with Crippen LogP contribution in [0.3, 0.4) is 0 Å². The lowest BCUT2D eigenvalue weighted by molar-refractivity contribution is -0.141. The van der Waals surface area contributed by atoms with Crippen molar-refractivity contribution in [2.75, 3.05) is 12.4 Å². The predicted octanol–water partition coefficient (Wildman–Crippen LogP) is 8.50. The number of halogens is 3. The Morgan fingerprint density at radius 3 is 2.51 bits per heavy atom. The minimum absolute atomic E-state index is 0.0171. The Bertz CT molecular complexity index is 964. The van der Waals surface area contributed by atoms with Crippen LogP contribution in [-0.4, -0.2) is 41.7 Å². The number of aryl methyl sites for hydroxylation is 2. The molecular weight excluding hydrogens is 519 g/mol. The standard InChI is InChI=1S/C21H27NO3S2.C5H8F2.C2H5F/c1-5-6-9-22-15(3)18(26)13-27-17-10-14(2)20-16(11-17)7-8-21(4,25-20)12-19(23)24;1-3-4(2)5(6)7;1-2-3/h5-6,9-11,26H,7-8,12-13H2,1-4H3,(H,23,24);3-5H,1H2,2H3;2H2,1H3/b6-5+,18-15-,22-9+;;. The molecule has 0 saturated carbocycles. The third-order valence-electron chi connectivity index (χ3n) is 5.23. The molecule has 1 aliphatic rings. The largest absolute Gasteiger partial charge is 0.486 e. The number of carboxylic acids is 1. The maximum absolute atomic E-state index is 11.4. The average Bonchev–Trinajstić information content (AvgIpc) is 2.82. The average molecular weight is 560 g/mol. The lowest BCUT2D eigenvalue weighted by atomic mass is 9.89. The molecule has 0 aromatic heterocycles. The summed E-state index contributed by atoms with van der Waals surface area (Å²) in [5.74, 6) is 0.0900. The number of rotatable bonds is 9. The Balaban J connectivity index is 0.00000110. The zero-order valence-corrected chi connectivity index (χ0v) is 24.3. The molecule has 0 saturated heterocycles. The number of alkyl halides is 3. The SMILES string of the molecule is C/C=C/C=N/C(C)=C(\S)CSc1cc(C)c2c(c1)CCC(C)(CC(=O)O)O2.C=CC(C)C(F)F.CCF. The third-order valence-corrected chi connectivity index (χ3v) is 6.93. The minimum atomic E-state index is -2.25. The molecule has 208 valence electrons. The lowest BCUT2D eigenvalue weighted by Crippen LogP contribution is -2.38. The van der Waals surface area contributed by atoms with Gasteiger partial charge in [0, 0.05) is 33.4 Å². The molecule has 0 radical (unpaired) electrons. The van der Waals surface area contributed by atoms with Crippen LogP contribution in [0.25, 0.3) is 0 Å². The van der Waals surface area contributed by atoms with Crippen LogP contribution in [0.5, 0.6) is 5.75 Å². The summed E-state index contributed by atoms with van der Waals surface area (Å²) >= 11 is 6.29. The molecule has 0 spiro atoms. The van der Waals surface area contributed by atoms with Crippen molar-refractivity contribution in [1.82, 2.24) is 0 Å². The fraction of sp³-hybridized carbons (Fsp3) is 0.500. The fourth-order valence-corrected chi connectivity index (χ4v) is 4.29. The van der Waals surface area contributed by atoms with E-state index < -0.39 is 23.9 Å². The number of ether oxygens (including phenoxy) is 1. The summed E-state index contributed by atoms with van der Waals surface area (Å²) in [5, 5.41) is 9.12. The van der Waals surface area contributed by atoms with Gasteiger partial charge in [-0.2, -0.15) is 0 Å². The van der Waals surface area contributed by atoms with E-state index in [1.165, 1.54) is 19.9 Å². The van der Waals surface area contributed by atoms with Gasteiger partial charge in [-0.15, -0.1) is 31.0 Å². The molecule has 0 bridgehead atoms. The molecule has 4 nitrogen and oxygen atoms in total. The first-order chi connectivity index (χ1) is 17.3. The van der Waals surface area contributed by atoms with Crippen molar-refractivity contribution >= 4 is 36.6 Å². The summed E-state index contributed by atoms with van der Waals surface area (Å²) in [6.45, 7) is 13.6. The van der Waals surface area contributed by atoms with Gasteiger partial charge in [0.05, 0.1) is 13.1 Å². The van der Waals surface area contributed by atoms with Gasteiger partial charge < -0.3 is 9.84 Å². The van der Waals surface area contributed by atoms with Crippen LogP contribution in [-0.2, 0) is 11.2 Å². The molecule has 2 atom stereocenters. The molecule has 1 aromatic carbocycles. The molecule has 37 heavy (non-hydrogen) atoms. The van der Waals surface area contributed by atoms with Gasteiger partial charge in [0.1, 0.15) is 11.4 Å². The number of thioether (sulfide) groups is 1. The van der Waals surface area contributed by atoms with Gasteiger partial charge >= 0.3 is 5.97 Å². The van der Waals surface area contributed by atoms with Crippen LogP contribution in [0.15, 0.2) is 57.4 Å². The van der Waals surface area contributed by atoms with Crippen LogP contribution in [0, 0.1) is 12.8 Å². The highest BCUT2D eigenvalue weighted by Gasteiger charge is 2.34. The zero-order chi connectivity index (χ0) is 28.6. The topological polar surface area (TPSA) is 58.9 Å².